The van der Waals surface area contributed by atoms with E-state index in [1.807, 2.05) is 56.3 Å². The topological polar surface area (TPSA) is 50.8 Å². The van der Waals surface area contributed by atoms with Crippen molar-refractivity contribution in [3.63, 3.8) is 0 Å². The number of hydrogen-bond acceptors (Lipinski definition) is 4. The standard InChI is InChI=1S/C17H17BrN2O3/c1-3-22-17(2)14-11-12(18)9-10-15(14)23-16(21)20(17)19-13-7-5-4-6-8-13/h4-11,19H,3H2,1-2H3/t17-/m0/s1. The van der Waals surface area contributed by atoms with Gasteiger partial charge in [-0.15, -0.1) is 0 Å². The molecule has 1 N–H and O–H groups in total. The number of carbonyl (C=O) groups excluding carboxylic acids is 1. The van der Waals surface area contributed by atoms with Crippen LogP contribution in [-0.4, -0.2) is 17.7 Å². The van der Waals surface area contributed by atoms with Gasteiger partial charge in [0.15, 0.2) is 5.72 Å². The van der Waals surface area contributed by atoms with Crippen molar-refractivity contribution in [1.29, 1.82) is 0 Å². The maximum absolute atomic E-state index is 12.5. The Hall–Kier alpha value is -2.05. The smallest absolute Gasteiger partial charge is 0.408 e. The van der Waals surface area contributed by atoms with Crippen LogP contribution in [0.3, 0.4) is 0 Å². The molecule has 1 atom stereocenters. The summed E-state index contributed by atoms with van der Waals surface area (Å²) in [5.74, 6) is 0.500. The molecule has 120 valence electrons. The van der Waals surface area contributed by atoms with E-state index in [0.29, 0.717) is 12.4 Å². The quantitative estimate of drug-likeness (QED) is 0.853. The fourth-order valence-corrected chi connectivity index (χ4v) is 2.97. The summed E-state index contributed by atoms with van der Waals surface area (Å²) in [5.41, 5.74) is 3.64. The van der Waals surface area contributed by atoms with Crippen molar-refractivity contribution in [3.05, 3.63) is 58.6 Å². The average molecular weight is 377 g/mol. The normalized spacial score (nSPS) is 20.0. The van der Waals surface area contributed by atoms with E-state index in [4.69, 9.17) is 9.47 Å². The first kappa shape index (κ1) is 15.8. The molecule has 1 amide bonds. The summed E-state index contributed by atoms with van der Waals surface area (Å²) in [5, 5.41) is 1.38. The molecule has 6 heteroatoms. The summed E-state index contributed by atoms with van der Waals surface area (Å²) in [7, 11) is 0. The Labute approximate surface area is 143 Å². The number of fused-ring (bicyclic) bond motifs is 1. The second-order valence-corrected chi connectivity index (χ2v) is 6.15. The molecular formula is C17H17BrN2O3. The summed E-state index contributed by atoms with van der Waals surface area (Å²) in [6.07, 6.45) is -0.514. The minimum Gasteiger partial charge on any atom is -0.408 e. The fraction of sp³-hybridized carbons (Fsp3) is 0.235. The number of para-hydroxylation sites is 1. The van der Waals surface area contributed by atoms with Gasteiger partial charge >= 0.3 is 6.09 Å². The van der Waals surface area contributed by atoms with E-state index >= 15 is 0 Å². The second-order valence-electron chi connectivity index (χ2n) is 5.24. The Balaban J connectivity index is 2.05. The third-order valence-electron chi connectivity index (χ3n) is 3.69. The van der Waals surface area contributed by atoms with E-state index in [1.165, 1.54) is 5.01 Å². The molecule has 0 saturated carbocycles. The van der Waals surface area contributed by atoms with Crippen LogP contribution in [0.25, 0.3) is 0 Å². The van der Waals surface area contributed by atoms with Crippen molar-refractivity contribution in [2.75, 3.05) is 12.0 Å². The van der Waals surface area contributed by atoms with Gasteiger partial charge < -0.3 is 9.47 Å². The first-order valence-corrected chi connectivity index (χ1v) is 8.11. The molecule has 0 unspecified atom stereocenters. The third kappa shape index (κ3) is 2.92. The number of ether oxygens (including phenoxy) is 2. The van der Waals surface area contributed by atoms with Crippen molar-refractivity contribution in [3.8, 4) is 5.75 Å². The maximum Gasteiger partial charge on any atom is 0.437 e. The molecule has 5 nitrogen and oxygen atoms in total. The summed E-state index contributed by atoms with van der Waals surface area (Å²) in [6.45, 7) is 4.18. The number of amides is 1. The van der Waals surface area contributed by atoms with E-state index in [-0.39, 0.29) is 0 Å². The molecular weight excluding hydrogens is 360 g/mol. The number of nitrogens with one attached hydrogen (secondary N) is 1. The Morgan fingerprint density at radius 2 is 2.00 bits per heavy atom. The fourth-order valence-electron chi connectivity index (χ4n) is 2.61. The molecule has 1 heterocycles. The van der Waals surface area contributed by atoms with Crippen molar-refractivity contribution in [1.82, 2.24) is 5.01 Å². The third-order valence-corrected chi connectivity index (χ3v) is 4.18. The molecule has 0 aliphatic carbocycles. The van der Waals surface area contributed by atoms with Crippen LogP contribution < -0.4 is 10.2 Å². The van der Waals surface area contributed by atoms with Gasteiger partial charge in [-0.05, 0) is 44.2 Å². The van der Waals surface area contributed by atoms with Crippen LogP contribution in [0.5, 0.6) is 5.75 Å². The van der Waals surface area contributed by atoms with Crippen LogP contribution in [0.4, 0.5) is 10.5 Å². The zero-order valence-electron chi connectivity index (χ0n) is 12.9. The van der Waals surface area contributed by atoms with Gasteiger partial charge in [0.25, 0.3) is 0 Å². The lowest BCUT2D eigenvalue weighted by molar-refractivity contribution is -0.130. The van der Waals surface area contributed by atoms with Gasteiger partial charge in [0.1, 0.15) is 5.75 Å². The molecule has 2 aromatic carbocycles. The van der Waals surface area contributed by atoms with Gasteiger partial charge in [-0.1, -0.05) is 34.1 Å². The van der Waals surface area contributed by atoms with Crippen LogP contribution in [0.15, 0.2) is 53.0 Å². The zero-order valence-corrected chi connectivity index (χ0v) is 14.5. The molecule has 1 aliphatic rings. The van der Waals surface area contributed by atoms with E-state index in [1.54, 1.807) is 6.07 Å². The summed E-state index contributed by atoms with van der Waals surface area (Å²) >= 11 is 3.46. The molecule has 2 aromatic rings. The minimum absolute atomic E-state index is 0.447. The first-order chi connectivity index (χ1) is 11.0. The highest BCUT2D eigenvalue weighted by Crippen LogP contribution is 2.41. The number of rotatable bonds is 4. The highest BCUT2D eigenvalue weighted by atomic mass is 79.9. The lowest BCUT2D eigenvalue weighted by atomic mass is 10.0. The highest BCUT2D eigenvalue weighted by molar-refractivity contribution is 9.10. The maximum atomic E-state index is 12.5. The van der Waals surface area contributed by atoms with Gasteiger partial charge in [0, 0.05) is 11.1 Å². The Kier molecular flexibility index (Phi) is 4.28. The largest absolute Gasteiger partial charge is 0.437 e. The molecule has 0 aromatic heterocycles. The van der Waals surface area contributed by atoms with E-state index in [0.717, 1.165) is 15.7 Å². The van der Waals surface area contributed by atoms with Crippen molar-refractivity contribution < 1.29 is 14.3 Å². The number of hydrogen-bond donors (Lipinski definition) is 1. The number of hydrazine groups is 1. The predicted molar refractivity (Wildman–Crippen MR) is 91.0 cm³/mol. The molecule has 0 saturated heterocycles. The van der Waals surface area contributed by atoms with Gasteiger partial charge in [0.05, 0.1) is 11.3 Å². The van der Waals surface area contributed by atoms with Crippen molar-refractivity contribution >= 4 is 27.7 Å². The van der Waals surface area contributed by atoms with Crippen molar-refractivity contribution in [2.24, 2.45) is 0 Å². The lowest BCUT2D eigenvalue weighted by Crippen LogP contribution is -2.56. The zero-order chi connectivity index (χ0) is 16.4. The minimum atomic E-state index is -0.987. The Morgan fingerprint density at radius 1 is 1.26 bits per heavy atom. The van der Waals surface area contributed by atoms with Crippen LogP contribution in [0.2, 0.25) is 0 Å². The molecule has 0 bridgehead atoms. The lowest BCUT2D eigenvalue weighted by Gasteiger charge is -2.43. The molecule has 23 heavy (non-hydrogen) atoms. The molecule has 0 fully saturated rings. The molecule has 1 aliphatic heterocycles. The van der Waals surface area contributed by atoms with Crippen LogP contribution in [-0.2, 0) is 10.5 Å². The Morgan fingerprint density at radius 3 is 2.70 bits per heavy atom. The Bertz CT molecular complexity index is 723. The number of carbonyl (C=O) groups is 1. The molecule has 0 radical (unpaired) electrons. The summed E-state index contributed by atoms with van der Waals surface area (Å²) in [6, 6.07) is 14.9. The van der Waals surface area contributed by atoms with Gasteiger partial charge in [-0.25, -0.2) is 4.79 Å². The predicted octanol–water partition coefficient (Wildman–Crippen LogP) is 4.50. The molecule has 0 spiro atoms. The molecule has 3 rings (SSSR count). The van der Waals surface area contributed by atoms with Crippen LogP contribution in [0, 0.1) is 0 Å². The van der Waals surface area contributed by atoms with Crippen LogP contribution >= 0.6 is 15.9 Å². The van der Waals surface area contributed by atoms with Crippen LogP contribution in [0.1, 0.15) is 19.4 Å². The number of halogens is 1. The summed E-state index contributed by atoms with van der Waals surface area (Å²) < 4.78 is 12.3. The van der Waals surface area contributed by atoms with E-state index < -0.39 is 11.8 Å². The average Bonchev–Trinajstić information content (AvgIpc) is 2.54. The van der Waals surface area contributed by atoms with Gasteiger partial charge in [-0.3, -0.25) is 5.43 Å². The van der Waals surface area contributed by atoms with E-state index in [9.17, 15) is 4.79 Å². The van der Waals surface area contributed by atoms with Crippen molar-refractivity contribution in [2.45, 2.75) is 19.6 Å². The van der Waals surface area contributed by atoms with Gasteiger partial charge in [0.2, 0.25) is 0 Å². The van der Waals surface area contributed by atoms with Gasteiger partial charge in [-0.2, -0.15) is 5.01 Å². The highest BCUT2D eigenvalue weighted by Gasteiger charge is 2.46. The second kappa shape index (κ2) is 6.22. The number of nitrogens with zero attached hydrogens (tertiary/aromatic N) is 1. The van der Waals surface area contributed by atoms with E-state index in [2.05, 4.69) is 21.4 Å². The SMILES string of the molecule is CCO[C@@]1(C)c2cc(Br)ccc2OC(=O)N1Nc1ccccc1. The summed E-state index contributed by atoms with van der Waals surface area (Å²) in [4.78, 5) is 12.5. The number of benzene rings is 2. The first-order valence-electron chi connectivity index (χ1n) is 7.32. The number of anilines is 1. The monoisotopic (exact) mass is 376 g/mol.